The van der Waals surface area contributed by atoms with Crippen LogP contribution in [0.5, 0.6) is 0 Å². The predicted octanol–water partition coefficient (Wildman–Crippen LogP) is 3.83. The van der Waals surface area contributed by atoms with Crippen molar-refractivity contribution in [2.75, 3.05) is 39.0 Å². The number of hydrogen-bond acceptors (Lipinski definition) is 6. The van der Waals surface area contributed by atoms with E-state index in [-0.39, 0.29) is 5.91 Å². The minimum atomic E-state index is -0.122. The first-order valence-corrected chi connectivity index (χ1v) is 11.6. The van der Waals surface area contributed by atoms with E-state index in [4.69, 9.17) is 0 Å². The van der Waals surface area contributed by atoms with Crippen molar-refractivity contribution >= 4 is 22.8 Å². The molecule has 0 saturated carbocycles. The van der Waals surface area contributed by atoms with E-state index in [2.05, 4.69) is 50.6 Å². The summed E-state index contributed by atoms with van der Waals surface area (Å²) in [6.07, 6.45) is 5.14. The predicted molar refractivity (Wildman–Crippen MR) is 138 cm³/mol. The minimum absolute atomic E-state index is 0.122. The van der Waals surface area contributed by atoms with Crippen molar-refractivity contribution in [3.8, 4) is 17.3 Å². The van der Waals surface area contributed by atoms with Gasteiger partial charge in [-0.05, 0) is 69.4 Å². The van der Waals surface area contributed by atoms with Crippen LogP contribution in [0.15, 0.2) is 60.9 Å². The Labute approximate surface area is 205 Å². The third kappa shape index (κ3) is 6.22. The van der Waals surface area contributed by atoms with Crippen molar-refractivity contribution in [2.45, 2.75) is 12.8 Å². The van der Waals surface area contributed by atoms with Gasteiger partial charge in [0, 0.05) is 47.5 Å². The van der Waals surface area contributed by atoms with Gasteiger partial charge in [0.25, 0.3) is 5.91 Å². The van der Waals surface area contributed by atoms with Gasteiger partial charge in [0.15, 0.2) is 0 Å². The molecule has 2 aromatic carbocycles. The van der Waals surface area contributed by atoms with Gasteiger partial charge < -0.3 is 20.5 Å². The Kier molecular flexibility index (Phi) is 7.70. The lowest BCUT2D eigenvalue weighted by atomic mass is 10.1. The SMILES string of the molecule is CN(C)CCCNc1nccc(-c2ccc(C(=O)NCCc3ccc4[nH]cc(C#N)c4c3)cc2)n1. The molecule has 8 nitrogen and oxygen atoms in total. The Morgan fingerprint density at radius 1 is 1.11 bits per heavy atom. The molecule has 0 spiro atoms. The largest absolute Gasteiger partial charge is 0.360 e. The van der Waals surface area contributed by atoms with E-state index >= 15 is 0 Å². The molecule has 0 aliphatic carbocycles. The lowest BCUT2D eigenvalue weighted by Crippen LogP contribution is -2.25. The van der Waals surface area contributed by atoms with E-state index in [1.165, 1.54) is 0 Å². The van der Waals surface area contributed by atoms with Crippen molar-refractivity contribution in [1.82, 2.24) is 25.2 Å². The molecule has 4 aromatic rings. The molecule has 178 valence electrons. The molecule has 0 fully saturated rings. The number of carbonyl (C=O) groups is 1. The van der Waals surface area contributed by atoms with Gasteiger partial charge in [-0.1, -0.05) is 18.2 Å². The Hall–Kier alpha value is -4.22. The Morgan fingerprint density at radius 3 is 2.71 bits per heavy atom. The van der Waals surface area contributed by atoms with Crippen molar-refractivity contribution < 1.29 is 4.79 Å². The molecule has 0 bridgehead atoms. The zero-order valence-electron chi connectivity index (χ0n) is 20.0. The number of hydrogen-bond donors (Lipinski definition) is 3. The highest BCUT2D eigenvalue weighted by atomic mass is 16.1. The van der Waals surface area contributed by atoms with Crippen LogP contribution in [0.3, 0.4) is 0 Å². The second-order valence-corrected chi connectivity index (χ2v) is 8.63. The average Bonchev–Trinajstić information content (AvgIpc) is 3.29. The summed E-state index contributed by atoms with van der Waals surface area (Å²) >= 11 is 0. The fraction of sp³-hybridized carbons (Fsp3) is 0.259. The molecule has 0 atom stereocenters. The topological polar surface area (TPSA) is 110 Å². The Bertz CT molecular complexity index is 1340. The number of rotatable bonds is 10. The lowest BCUT2D eigenvalue weighted by Gasteiger charge is -2.10. The molecule has 0 saturated heterocycles. The number of aromatic nitrogens is 3. The molecule has 1 amide bonds. The molecule has 0 aliphatic heterocycles. The highest BCUT2D eigenvalue weighted by Crippen LogP contribution is 2.20. The summed E-state index contributed by atoms with van der Waals surface area (Å²) < 4.78 is 0. The van der Waals surface area contributed by atoms with Gasteiger partial charge in [0.2, 0.25) is 5.95 Å². The fourth-order valence-corrected chi connectivity index (χ4v) is 3.83. The molecular weight excluding hydrogens is 438 g/mol. The molecule has 2 aromatic heterocycles. The van der Waals surface area contributed by atoms with E-state index in [0.717, 1.165) is 47.2 Å². The number of carbonyl (C=O) groups excluding carboxylic acids is 1. The van der Waals surface area contributed by atoms with E-state index in [1.54, 1.807) is 12.4 Å². The summed E-state index contributed by atoms with van der Waals surface area (Å²) in [6, 6.07) is 17.4. The zero-order chi connectivity index (χ0) is 24.6. The molecular formula is C27H29N7O. The van der Waals surface area contributed by atoms with Gasteiger partial charge in [-0.2, -0.15) is 5.26 Å². The molecule has 0 radical (unpaired) electrons. The number of H-pyrrole nitrogens is 1. The second-order valence-electron chi connectivity index (χ2n) is 8.63. The van der Waals surface area contributed by atoms with Crippen LogP contribution < -0.4 is 10.6 Å². The molecule has 3 N–H and O–H groups in total. The standard InChI is InChI=1S/C27H29N7O/c1-34(2)15-3-12-30-27-31-14-11-24(33-27)20-5-7-21(8-6-20)26(35)29-13-10-19-4-9-25-23(16-19)22(17-28)18-32-25/h4-9,11,14,16,18,32H,3,10,12-13,15H2,1-2H3,(H,29,35)(H,30,31,33). The van der Waals surface area contributed by atoms with Crippen LogP contribution in [0.25, 0.3) is 22.2 Å². The number of fused-ring (bicyclic) bond motifs is 1. The Balaban J connectivity index is 1.31. The highest BCUT2D eigenvalue weighted by molar-refractivity contribution is 5.94. The lowest BCUT2D eigenvalue weighted by molar-refractivity contribution is 0.0954. The molecule has 8 heteroatoms. The Morgan fingerprint density at radius 2 is 1.94 bits per heavy atom. The van der Waals surface area contributed by atoms with Crippen molar-refractivity contribution in [3.63, 3.8) is 0 Å². The van der Waals surface area contributed by atoms with Gasteiger partial charge in [0.1, 0.15) is 6.07 Å². The van der Waals surface area contributed by atoms with Gasteiger partial charge in [-0.3, -0.25) is 4.79 Å². The maximum Gasteiger partial charge on any atom is 0.251 e. The molecule has 35 heavy (non-hydrogen) atoms. The third-order valence-electron chi connectivity index (χ3n) is 5.73. The van der Waals surface area contributed by atoms with E-state index < -0.39 is 0 Å². The van der Waals surface area contributed by atoms with Gasteiger partial charge in [0.05, 0.1) is 11.3 Å². The molecule has 2 heterocycles. The van der Waals surface area contributed by atoms with Crippen LogP contribution in [0.4, 0.5) is 5.95 Å². The molecule has 0 aliphatic rings. The third-order valence-corrected chi connectivity index (χ3v) is 5.73. The summed E-state index contributed by atoms with van der Waals surface area (Å²) in [5.41, 5.74) is 4.96. The number of nitriles is 1. The fourth-order valence-electron chi connectivity index (χ4n) is 3.83. The summed E-state index contributed by atoms with van der Waals surface area (Å²) in [6.45, 7) is 2.31. The monoisotopic (exact) mass is 467 g/mol. The van der Waals surface area contributed by atoms with E-state index in [0.29, 0.717) is 30.0 Å². The molecule has 4 rings (SSSR count). The number of aromatic amines is 1. The molecule has 0 unspecified atom stereocenters. The van der Waals surface area contributed by atoms with Crippen molar-refractivity contribution in [2.24, 2.45) is 0 Å². The average molecular weight is 468 g/mol. The number of nitrogens with zero attached hydrogens (tertiary/aromatic N) is 4. The first kappa shape index (κ1) is 23.9. The number of amides is 1. The van der Waals surface area contributed by atoms with Crippen LogP contribution >= 0.6 is 0 Å². The summed E-state index contributed by atoms with van der Waals surface area (Å²) in [7, 11) is 4.11. The van der Waals surface area contributed by atoms with Crippen LogP contribution in [-0.2, 0) is 6.42 Å². The van der Waals surface area contributed by atoms with Gasteiger partial charge in [-0.15, -0.1) is 0 Å². The minimum Gasteiger partial charge on any atom is -0.360 e. The van der Waals surface area contributed by atoms with Crippen LogP contribution in [-0.4, -0.2) is 59.5 Å². The van der Waals surface area contributed by atoms with Crippen molar-refractivity contribution in [1.29, 1.82) is 5.26 Å². The van der Waals surface area contributed by atoms with Crippen LogP contribution in [0, 0.1) is 11.3 Å². The van der Waals surface area contributed by atoms with E-state index in [9.17, 15) is 10.1 Å². The maximum absolute atomic E-state index is 12.6. The first-order chi connectivity index (χ1) is 17.0. The number of nitrogens with one attached hydrogen (secondary N) is 3. The quantitative estimate of drug-likeness (QED) is 0.306. The summed E-state index contributed by atoms with van der Waals surface area (Å²) in [5.74, 6) is 0.478. The summed E-state index contributed by atoms with van der Waals surface area (Å²) in [5, 5.41) is 16.4. The van der Waals surface area contributed by atoms with Crippen LogP contribution in [0.1, 0.15) is 27.9 Å². The van der Waals surface area contributed by atoms with E-state index in [1.807, 2.05) is 48.5 Å². The normalized spacial score (nSPS) is 10.9. The summed E-state index contributed by atoms with van der Waals surface area (Å²) in [4.78, 5) is 26.7. The smallest absolute Gasteiger partial charge is 0.251 e. The maximum atomic E-state index is 12.6. The zero-order valence-corrected chi connectivity index (χ0v) is 20.0. The highest BCUT2D eigenvalue weighted by Gasteiger charge is 2.08. The van der Waals surface area contributed by atoms with Crippen molar-refractivity contribution in [3.05, 3.63) is 77.6 Å². The van der Waals surface area contributed by atoms with Crippen LogP contribution in [0.2, 0.25) is 0 Å². The van der Waals surface area contributed by atoms with Gasteiger partial charge in [-0.25, -0.2) is 9.97 Å². The number of anilines is 1. The first-order valence-electron chi connectivity index (χ1n) is 11.6. The van der Waals surface area contributed by atoms with Gasteiger partial charge >= 0.3 is 0 Å². The second kappa shape index (κ2) is 11.3. The number of benzene rings is 2.